The highest BCUT2D eigenvalue weighted by Gasteiger charge is 2.48. The predicted molar refractivity (Wildman–Crippen MR) is 88.7 cm³/mol. The van der Waals surface area contributed by atoms with Gasteiger partial charge in [-0.25, -0.2) is 4.39 Å². The molecule has 1 aromatic carbocycles. The van der Waals surface area contributed by atoms with Crippen molar-refractivity contribution >= 4 is 47.1 Å². The zero-order valence-corrected chi connectivity index (χ0v) is 13.6. The minimum atomic E-state index is -0.216. The van der Waals surface area contributed by atoms with E-state index in [0.717, 1.165) is 12.0 Å². The maximum atomic E-state index is 14.0. The maximum Gasteiger partial charge on any atom is 0.154 e. The second kappa shape index (κ2) is 5.54. The van der Waals surface area contributed by atoms with Gasteiger partial charge in [-0.3, -0.25) is 4.99 Å². The molecular weight excluding hydrogens is 394 g/mol. The number of hydrogen-bond acceptors (Lipinski definition) is 4. The van der Waals surface area contributed by atoms with Gasteiger partial charge in [-0.05, 0) is 44.7 Å². The van der Waals surface area contributed by atoms with Gasteiger partial charge in [0.25, 0.3) is 0 Å². The van der Waals surface area contributed by atoms with Gasteiger partial charge in [-0.2, -0.15) is 0 Å². The summed E-state index contributed by atoms with van der Waals surface area (Å²) >= 11 is 3.72. The molecule has 19 heavy (non-hydrogen) atoms. The molecule has 0 aromatic heterocycles. The minimum absolute atomic E-state index is 0.139. The van der Waals surface area contributed by atoms with Gasteiger partial charge >= 0.3 is 0 Å². The molecule has 1 fully saturated rings. The highest BCUT2D eigenvalue weighted by atomic mass is 127. The third kappa shape index (κ3) is 2.88. The van der Waals surface area contributed by atoms with Crippen molar-refractivity contribution < 1.29 is 4.39 Å². The number of aliphatic imine (C=N–C) groups is 1. The van der Waals surface area contributed by atoms with Crippen molar-refractivity contribution in [2.45, 2.75) is 17.7 Å². The largest absolute Gasteiger partial charge is 0.379 e. The van der Waals surface area contributed by atoms with Crippen molar-refractivity contribution in [3.05, 3.63) is 35.1 Å². The number of hydrogen-bond donors (Lipinski definition) is 1. The van der Waals surface area contributed by atoms with Crippen LogP contribution in [0.25, 0.3) is 0 Å². The Morgan fingerprint density at radius 2 is 2.37 bits per heavy atom. The van der Waals surface area contributed by atoms with Crippen LogP contribution in [0.2, 0.25) is 0 Å². The van der Waals surface area contributed by atoms with Gasteiger partial charge in [0.1, 0.15) is 5.82 Å². The van der Waals surface area contributed by atoms with Crippen LogP contribution in [-0.4, -0.2) is 10.4 Å². The lowest BCUT2D eigenvalue weighted by Crippen LogP contribution is -2.17. The number of thioether (sulfide) groups is 1. The van der Waals surface area contributed by atoms with Crippen LogP contribution in [-0.2, 0) is 0 Å². The summed E-state index contributed by atoms with van der Waals surface area (Å²) in [5.74, 6) is 3.20. The molecule has 1 aromatic rings. The average molecular weight is 404 g/mol. The normalized spacial score (nSPS) is 27.9. The van der Waals surface area contributed by atoms with E-state index in [9.17, 15) is 4.39 Å². The molecule has 0 spiro atoms. The molecule has 3 unspecified atom stereocenters. The predicted octanol–water partition coefficient (Wildman–Crippen LogP) is 3.71. The van der Waals surface area contributed by atoms with Crippen molar-refractivity contribution in [3.8, 4) is 11.2 Å². The molecular formula is C13H10FIN2S2. The smallest absolute Gasteiger partial charge is 0.154 e. The fraction of sp³-hybridized carbons (Fsp3) is 0.308. The fourth-order valence-corrected chi connectivity index (χ4v) is 3.92. The second-order valence-electron chi connectivity index (χ2n) is 4.51. The Balaban J connectivity index is 1.97. The summed E-state index contributed by atoms with van der Waals surface area (Å²) in [6.07, 6.45) is 1.07. The lowest BCUT2D eigenvalue weighted by Gasteiger charge is -2.18. The first kappa shape index (κ1) is 13.6. The Bertz CT molecular complexity index is 608. The molecule has 2 nitrogen and oxygen atoms in total. The molecule has 0 saturated heterocycles. The number of halogens is 2. The van der Waals surface area contributed by atoms with Crippen LogP contribution >= 0.6 is 41.9 Å². The quantitative estimate of drug-likeness (QED) is 0.573. The molecule has 1 aliphatic heterocycles. The monoisotopic (exact) mass is 404 g/mol. The van der Waals surface area contributed by atoms with E-state index in [4.69, 9.17) is 5.73 Å². The first-order valence-electron chi connectivity index (χ1n) is 5.77. The van der Waals surface area contributed by atoms with Crippen LogP contribution in [0.4, 0.5) is 4.39 Å². The zero-order valence-electron chi connectivity index (χ0n) is 9.77. The van der Waals surface area contributed by atoms with Crippen molar-refractivity contribution in [2.24, 2.45) is 16.6 Å². The van der Waals surface area contributed by atoms with Crippen molar-refractivity contribution in [1.82, 2.24) is 0 Å². The molecule has 0 bridgehead atoms. The van der Waals surface area contributed by atoms with E-state index in [0.29, 0.717) is 21.9 Å². The third-order valence-corrected chi connectivity index (χ3v) is 5.30. The van der Waals surface area contributed by atoms with Crippen molar-refractivity contribution in [1.29, 1.82) is 0 Å². The number of benzene rings is 1. The van der Waals surface area contributed by atoms with Gasteiger partial charge in [-0.1, -0.05) is 17.7 Å². The topological polar surface area (TPSA) is 38.4 Å². The number of nitrogens with two attached hydrogens (primary N) is 1. The molecule has 1 saturated carbocycles. The summed E-state index contributed by atoms with van der Waals surface area (Å²) in [4.78, 5) is 4.42. The Kier molecular flexibility index (Phi) is 3.96. The molecule has 3 rings (SSSR count). The van der Waals surface area contributed by atoms with E-state index in [1.807, 2.05) is 6.07 Å². The van der Waals surface area contributed by atoms with E-state index in [-0.39, 0.29) is 11.9 Å². The van der Waals surface area contributed by atoms with Gasteiger partial charge < -0.3 is 5.73 Å². The van der Waals surface area contributed by atoms with Crippen LogP contribution in [0.5, 0.6) is 0 Å². The summed E-state index contributed by atoms with van der Waals surface area (Å²) < 4.78 is 14.0. The Morgan fingerprint density at radius 1 is 1.53 bits per heavy atom. The summed E-state index contributed by atoms with van der Waals surface area (Å²) in [6.45, 7) is 0. The number of fused-ring (bicyclic) bond motifs is 1. The fourth-order valence-electron chi connectivity index (χ4n) is 2.30. The molecule has 0 radical (unpaired) electrons. The Morgan fingerprint density at radius 3 is 3.16 bits per heavy atom. The first-order valence-corrected chi connectivity index (χ1v) is 10.0. The molecule has 98 valence electrons. The SMILES string of the molecule is NC1=NC(c2cc(C#CSI)ccc2F)C2CC2S1. The van der Waals surface area contributed by atoms with Crippen molar-refractivity contribution in [2.75, 3.05) is 0 Å². The van der Waals surface area contributed by atoms with Gasteiger partial charge in [0.05, 0.1) is 6.04 Å². The molecule has 6 heteroatoms. The molecule has 0 amide bonds. The van der Waals surface area contributed by atoms with Gasteiger partial charge in [-0.15, -0.1) is 0 Å². The highest BCUT2D eigenvalue weighted by Crippen LogP contribution is 2.54. The van der Waals surface area contributed by atoms with E-state index < -0.39 is 0 Å². The van der Waals surface area contributed by atoms with Crippen LogP contribution in [0.1, 0.15) is 23.6 Å². The summed E-state index contributed by atoms with van der Waals surface area (Å²) in [7, 11) is 1.42. The zero-order chi connectivity index (χ0) is 13.4. The number of rotatable bonds is 1. The average Bonchev–Trinajstić information content (AvgIpc) is 3.16. The van der Waals surface area contributed by atoms with E-state index in [1.165, 1.54) is 15.0 Å². The highest BCUT2D eigenvalue weighted by molar-refractivity contribution is 14.2. The Labute approximate surface area is 131 Å². The second-order valence-corrected chi connectivity index (χ2v) is 7.45. The molecule has 2 aliphatic rings. The van der Waals surface area contributed by atoms with Crippen molar-refractivity contribution in [3.63, 3.8) is 0 Å². The third-order valence-electron chi connectivity index (χ3n) is 3.27. The number of nitrogens with zero attached hydrogens (tertiary/aromatic N) is 1. The minimum Gasteiger partial charge on any atom is -0.379 e. The molecule has 2 N–H and O–H groups in total. The summed E-state index contributed by atoms with van der Waals surface area (Å²) in [6, 6.07) is 4.85. The van der Waals surface area contributed by atoms with Crippen LogP contribution in [0.15, 0.2) is 23.2 Å². The number of amidine groups is 1. The Hall–Kier alpha value is -0.390. The van der Waals surface area contributed by atoms with E-state index in [1.54, 1.807) is 17.8 Å². The summed E-state index contributed by atoms with van der Waals surface area (Å²) in [5.41, 5.74) is 7.26. The molecule has 1 heterocycles. The van der Waals surface area contributed by atoms with E-state index >= 15 is 0 Å². The summed E-state index contributed by atoms with van der Waals surface area (Å²) in [5, 5.41) is 4.00. The van der Waals surface area contributed by atoms with Gasteiger partial charge in [0.2, 0.25) is 0 Å². The van der Waals surface area contributed by atoms with Crippen LogP contribution in [0.3, 0.4) is 0 Å². The molecule has 3 atom stereocenters. The van der Waals surface area contributed by atoms with Gasteiger partial charge in [0.15, 0.2) is 5.17 Å². The lowest BCUT2D eigenvalue weighted by molar-refractivity contribution is 0.555. The van der Waals surface area contributed by atoms with Crippen LogP contribution < -0.4 is 5.73 Å². The first-order chi connectivity index (χ1) is 9.19. The van der Waals surface area contributed by atoms with E-state index in [2.05, 4.69) is 37.4 Å². The lowest BCUT2D eigenvalue weighted by atomic mass is 10.00. The maximum absolute atomic E-state index is 14.0. The van der Waals surface area contributed by atoms with Crippen LogP contribution in [0, 0.1) is 22.9 Å². The van der Waals surface area contributed by atoms with Gasteiger partial charge in [0, 0.05) is 37.6 Å². The standard InChI is InChI=1S/C13H10FIN2S2/c14-10-2-1-7(3-4-18-15)5-8(10)12-9-6-11(9)19-13(16)17-12/h1-2,5,9,11-12H,6H2,(H2,16,17). The molecule has 1 aliphatic carbocycles.